The molecule has 3 rings (SSSR count). The first-order chi connectivity index (χ1) is 12.4. The summed E-state index contributed by atoms with van der Waals surface area (Å²) in [4.78, 5) is 12.4. The molecule has 0 saturated heterocycles. The Kier molecular flexibility index (Phi) is 5.14. The van der Waals surface area contributed by atoms with Gasteiger partial charge in [-0.2, -0.15) is 5.10 Å². The fraction of sp³-hybridized carbons (Fsp3) is 0.238. The van der Waals surface area contributed by atoms with Gasteiger partial charge in [0.05, 0.1) is 18.0 Å². The van der Waals surface area contributed by atoms with Gasteiger partial charge in [-0.25, -0.2) is 9.48 Å². The fourth-order valence-electron chi connectivity index (χ4n) is 3.05. The van der Waals surface area contributed by atoms with Crippen LogP contribution in [0.4, 0.5) is 0 Å². The molecule has 0 radical (unpaired) electrons. The van der Waals surface area contributed by atoms with Gasteiger partial charge in [-0.3, -0.25) is 0 Å². The summed E-state index contributed by atoms with van der Waals surface area (Å²) < 4.78 is 7.00. The topological polar surface area (TPSA) is 44.1 Å². The highest BCUT2D eigenvalue weighted by molar-refractivity contribution is 6.30. The van der Waals surface area contributed by atoms with Gasteiger partial charge in [-0.1, -0.05) is 41.4 Å². The summed E-state index contributed by atoms with van der Waals surface area (Å²) in [6.07, 6.45) is 0. The molecule has 26 heavy (non-hydrogen) atoms. The molecule has 0 bridgehead atoms. The molecule has 0 atom stereocenters. The van der Waals surface area contributed by atoms with Crippen molar-refractivity contribution in [2.45, 2.75) is 27.7 Å². The van der Waals surface area contributed by atoms with Crippen LogP contribution in [-0.4, -0.2) is 22.4 Å². The molecule has 0 aliphatic carbocycles. The summed E-state index contributed by atoms with van der Waals surface area (Å²) in [5, 5.41) is 5.26. The van der Waals surface area contributed by atoms with E-state index in [4.69, 9.17) is 16.3 Å². The van der Waals surface area contributed by atoms with Gasteiger partial charge in [0.15, 0.2) is 5.69 Å². The number of rotatable bonds is 4. The van der Waals surface area contributed by atoms with Gasteiger partial charge < -0.3 is 4.74 Å². The second-order valence-corrected chi connectivity index (χ2v) is 6.69. The smallest absolute Gasteiger partial charge is 0.359 e. The van der Waals surface area contributed by atoms with Crippen molar-refractivity contribution in [3.8, 4) is 16.9 Å². The van der Waals surface area contributed by atoms with Gasteiger partial charge in [-0.05, 0) is 51.5 Å². The van der Waals surface area contributed by atoms with Crippen LogP contribution < -0.4 is 0 Å². The van der Waals surface area contributed by atoms with Crippen molar-refractivity contribution in [1.82, 2.24) is 9.78 Å². The van der Waals surface area contributed by atoms with Crippen molar-refractivity contribution in [3.63, 3.8) is 0 Å². The van der Waals surface area contributed by atoms with E-state index in [9.17, 15) is 4.79 Å². The molecule has 2 aromatic carbocycles. The van der Waals surface area contributed by atoms with E-state index >= 15 is 0 Å². The zero-order chi connectivity index (χ0) is 18.8. The first-order valence-corrected chi connectivity index (χ1v) is 8.90. The highest BCUT2D eigenvalue weighted by atomic mass is 35.5. The molecule has 134 valence electrons. The van der Waals surface area contributed by atoms with Gasteiger partial charge in [0.1, 0.15) is 0 Å². The number of carbonyl (C=O) groups is 1. The molecule has 0 saturated carbocycles. The lowest BCUT2D eigenvalue weighted by Gasteiger charge is -2.12. The van der Waals surface area contributed by atoms with Crippen LogP contribution in [-0.2, 0) is 4.74 Å². The predicted octanol–water partition coefficient (Wildman–Crippen LogP) is 5.29. The molecule has 0 aliphatic rings. The Morgan fingerprint density at radius 3 is 2.42 bits per heavy atom. The van der Waals surface area contributed by atoms with Crippen LogP contribution in [0.1, 0.15) is 34.1 Å². The number of hydrogen-bond acceptors (Lipinski definition) is 3. The minimum atomic E-state index is -0.413. The standard InChI is InChI=1S/C21H21ClN2O2/c1-5-26-21(25)19-15(4)20(16-7-9-17(22)10-8-16)24(23-19)18-11-6-13(2)12-14(18)3/h6-12H,5H2,1-4H3. The van der Waals surface area contributed by atoms with E-state index in [-0.39, 0.29) is 0 Å². The highest BCUT2D eigenvalue weighted by Gasteiger charge is 2.23. The van der Waals surface area contributed by atoms with E-state index < -0.39 is 5.97 Å². The normalized spacial score (nSPS) is 10.8. The van der Waals surface area contributed by atoms with Gasteiger partial charge in [-0.15, -0.1) is 0 Å². The van der Waals surface area contributed by atoms with Crippen LogP contribution in [0.25, 0.3) is 16.9 Å². The number of halogens is 1. The Labute approximate surface area is 158 Å². The first kappa shape index (κ1) is 18.2. The van der Waals surface area contributed by atoms with E-state index in [0.29, 0.717) is 17.3 Å². The summed E-state index contributed by atoms with van der Waals surface area (Å²) in [6, 6.07) is 13.7. The molecule has 0 fully saturated rings. The van der Waals surface area contributed by atoms with E-state index in [2.05, 4.69) is 18.1 Å². The Morgan fingerprint density at radius 2 is 1.81 bits per heavy atom. The molecule has 5 heteroatoms. The number of aromatic nitrogens is 2. The number of nitrogens with zero attached hydrogens (tertiary/aromatic N) is 2. The quantitative estimate of drug-likeness (QED) is 0.587. The number of aryl methyl sites for hydroxylation is 2. The van der Waals surface area contributed by atoms with Crippen molar-refractivity contribution in [2.75, 3.05) is 6.61 Å². The van der Waals surface area contributed by atoms with E-state index in [1.165, 1.54) is 5.56 Å². The van der Waals surface area contributed by atoms with Gasteiger partial charge in [0.2, 0.25) is 0 Å². The van der Waals surface area contributed by atoms with Crippen molar-refractivity contribution < 1.29 is 9.53 Å². The van der Waals surface area contributed by atoms with Gasteiger partial charge in [0, 0.05) is 16.1 Å². The Balaban J connectivity index is 2.26. The lowest BCUT2D eigenvalue weighted by Crippen LogP contribution is -2.08. The zero-order valence-electron chi connectivity index (χ0n) is 15.3. The van der Waals surface area contributed by atoms with Crippen LogP contribution in [0, 0.1) is 20.8 Å². The Bertz CT molecular complexity index is 959. The largest absolute Gasteiger partial charge is 0.461 e. The third kappa shape index (κ3) is 3.37. The van der Waals surface area contributed by atoms with Gasteiger partial charge >= 0.3 is 5.97 Å². The average molecular weight is 369 g/mol. The van der Waals surface area contributed by atoms with Crippen LogP contribution in [0.5, 0.6) is 0 Å². The van der Waals surface area contributed by atoms with Crippen molar-refractivity contribution >= 4 is 17.6 Å². The number of esters is 1. The third-order valence-electron chi connectivity index (χ3n) is 4.29. The first-order valence-electron chi connectivity index (χ1n) is 8.52. The van der Waals surface area contributed by atoms with E-state index in [0.717, 1.165) is 28.1 Å². The van der Waals surface area contributed by atoms with E-state index in [1.807, 2.05) is 54.9 Å². The molecule has 0 unspecified atom stereocenters. The third-order valence-corrected chi connectivity index (χ3v) is 4.54. The van der Waals surface area contributed by atoms with Gasteiger partial charge in [0.25, 0.3) is 0 Å². The van der Waals surface area contributed by atoms with Crippen molar-refractivity contribution in [2.24, 2.45) is 0 Å². The minimum Gasteiger partial charge on any atom is -0.461 e. The maximum atomic E-state index is 12.4. The molecule has 4 nitrogen and oxygen atoms in total. The van der Waals surface area contributed by atoms with Crippen molar-refractivity contribution in [3.05, 3.63) is 69.9 Å². The molecular weight excluding hydrogens is 348 g/mol. The minimum absolute atomic E-state index is 0.310. The number of benzene rings is 2. The zero-order valence-corrected chi connectivity index (χ0v) is 16.1. The molecule has 1 aromatic heterocycles. The number of carbonyl (C=O) groups excluding carboxylic acids is 1. The monoisotopic (exact) mass is 368 g/mol. The van der Waals surface area contributed by atoms with Crippen LogP contribution in [0.3, 0.4) is 0 Å². The van der Waals surface area contributed by atoms with E-state index in [1.54, 1.807) is 6.92 Å². The molecule has 0 amide bonds. The maximum Gasteiger partial charge on any atom is 0.359 e. The summed E-state index contributed by atoms with van der Waals surface area (Å²) in [5.41, 5.74) is 6.10. The average Bonchev–Trinajstić information content (AvgIpc) is 2.93. The maximum absolute atomic E-state index is 12.4. The lowest BCUT2D eigenvalue weighted by atomic mass is 10.1. The molecule has 3 aromatic rings. The predicted molar refractivity (Wildman–Crippen MR) is 104 cm³/mol. The second kappa shape index (κ2) is 7.34. The van der Waals surface area contributed by atoms with Crippen LogP contribution >= 0.6 is 11.6 Å². The fourth-order valence-corrected chi connectivity index (χ4v) is 3.18. The summed E-state index contributed by atoms with van der Waals surface area (Å²) >= 11 is 6.04. The SMILES string of the molecule is CCOC(=O)c1nn(-c2ccc(C)cc2C)c(-c2ccc(Cl)cc2)c1C. The summed E-state index contributed by atoms with van der Waals surface area (Å²) in [7, 11) is 0. The lowest BCUT2D eigenvalue weighted by molar-refractivity contribution is 0.0518. The molecule has 0 N–H and O–H groups in total. The summed E-state index contributed by atoms with van der Waals surface area (Å²) in [5.74, 6) is -0.413. The number of hydrogen-bond donors (Lipinski definition) is 0. The highest BCUT2D eigenvalue weighted by Crippen LogP contribution is 2.31. The molecule has 0 spiro atoms. The second-order valence-electron chi connectivity index (χ2n) is 6.25. The van der Waals surface area contributed by atoms with Crippen LogP contribution in [0.15, 0.2) is 42.5 Å². The van der Waals surface area contributed by atoms with Crippen molar-refractivity contribution in [1.29, 1.82) is 0 Å². The number of ether oxygens (including phenoxy) is 1. The Morgan fingerprint density at radius 1 is 1.12 bits per heavy atom. The van der Waals surface area contributed by atoms with Crippen LogP contribution in [0.2, 0.25) is 5.02 Å². The summed E-state index contributed by atoms with van der Waals surface area (Å²) in [6.45, 7) is 8.08. The molecule has 1 heterocycles. The Hall–Kier alpha value is -2.59. The molecule has 0 aliphatic heterocycles. The molecular formula is C21H21ClN2O2.